The van der Waals surface area contributed by atoms with Gasteiger partial charge in [0, 0.05) is 44.4 Å². The van der Waals surface area contributed by atoms with Crippen molar-refractivity contribution in [2.45, 2.75) is 51.0 Å². The highest BCUT2D eigenvalue weighted by atomic mass is 19.1. The minimum Gasteiger partial charge on any atom is -0.477 e. The molecule has 0 amide bonds. The first-order chi connectivity index (χ1) is 19.4. The molecule has 0 bridgehead atoms. The van der Waals surface area contributed by atoms with Gasteiger partial charge < -0.3 is 19.1 Å². The van der Waals surface area contributed by atoms with Gasteiger partial charge in [0.25, 0.3) is 0 Å². The van der Waals surface area contributed by atoms with E-state index in [9.17, 15) is 18.7 Å². The number of benzene rings is 1. The lowest BCUT2D eigenvalue weighted by molar-refractivity contribution is -0.0593. The molecule has 2 fully saturated rings. The third-order valence-electron chi connectivity index (χ3n) is 7.30. The predicted octanol–water partition coefficient (Wildman–Crippen LogP) is 3.62. The largest absolute Gasteiger partial charge is 0.477 e. The lowest BCUT2D eigenvalue weighted by Gasteiger charge is -2.32. The third kappa shape index (κ3) is 5.77. The van der Waals surface area contributed by atoms with Crippen molar-refractivity contribution in [1.82, 2.24) is 29.4 Å². The summed E-state index contributed by atoms with van der Waals surface area (Å²) in [6, 6.07) is 8.32. The Morgan fingerprint density at radius 2 is 1.90 bits per heavy atom. The summed E-state index contributed by atoms with van der Waals surface area (Å²) in [5.41, 5.74) is 1.53. The van der Waals surface area contributed by atoms with Crippen LogP contribution in [0.3, 0.4) is 0 Å². The topological polar surface area (TPSA) is 115 Å². The van der Waals surface area contributed by atoms with Gasteiger partial charge in [-0.25, -0.2) is 28.5 Å². The van der Waals surface area contributed by atoms with Crippen molar-refractivity contribution in [1.29, 1.82) is 0 Å². The van der Waals surface area contributed by atoms with Crippen molar-refractivity contribution < 1.29 is 28.2 Å². The first-order valence-corrected chi connectivity index (χ1v) is 13.3. The fourth-order valence-electron chi connectivity index (χ4n) is 5.03. The number of nitrogens with zero attached hydrogens (tertiary/aromatic N) is 6. The number of imidazole rings is 1. The highest BCUT2D eigenvalue weighted by molar-refractivity contribution is 5.88. The molecule has 2 saturated heterocycles. The Morgan fingerprint density at radius 3 is 2.62 bits per heavy atom. The van der Waals surface area contributed by atoms with E-state index in [1.165, 1.54) is 18.2 Å². The maximum absolute atomic E-state index is 14.0. The number of rotatable bonds is 9. The van der Waals surface area contributed by atoms with Gasteiger partial charge in [0.15, 0.2) is 11.3 Å². The molecule has 0 saturated carbocycles. The van der Waals surface area contributed by atoms with E-state index >= 15 is 0 Å². The van der Waals surface area contributed by atoms with Crippen LogP contribution in [0.15, 0.2) is 42.6 Å². The highest BCUT2D eigenvalue weighted by Crippen LogP contribution is 2.24. The first-order valence-electron chi connectivity index (χ1n) is 13.3. The fourth-order valence-corrected chi connectivity index (χ4v) is 5.03. The first kappa shape index (κ1) is 26.2. The van der Waals surface area contributed by atoms with Gasteiger partial charge in [-0.15, -0.1) is 0 Å². The van der Waals surface area contributed by atoms with Crippen LogP contribution >= 0.6 is 0 Å². The van der Waals surface area contributed by atoms with Crippen LogP contribution in [0.25, 0.3) is 11.2 Å². The second kappa shape index (κ2) is 11.2. The number of aromatic nitrogens is 5. The van der Waals surface area contributed by atoms with Crippen molar-refractivity contribution in [3.8, 4) is 5.88 Å². The van der Waals surface area contributed by atoms with Gasteiger partial charge in [-0.3, -0.25) is 4.90 Å². The van der Waals surface area contributed by atoms with Crippen LogP contribution < -0.4 is 4.74 Å². The summed E-state index contributed by atoms with van der Waals surface area (Å²) in [5, 5.41) is 9.40. The molecule has 2 aliphatic heterocycles. The summed E-state index contributed by atoms with van der Waals surface area (Å²) >= 11 is 0. The maximum Gasteiger partial charge on any atom is 0.354 e. The lowest BCUT2D eigenvalue weighted by Crippen LogP contribution is -2.39. The Hall–Kier alpha value is -4.03. The van der Waals surface area contributed by atoms with Crippen molar-refractivity contribution in [3.63, 3.8) is 0 Å². The van der Waals surface area contributed by atoms with E-state index in [-0.39, 0.29) is 24.3 Å². The third-order valence-corrected chi connectivity index (χ3v) is 7.30. The number of hydrogen-bond donors (Lipinski definition) is 1. The number of aromatic carboxylic acids is 1. The highest BCUT2D eigenvalue weighted by Gasteiger charge is 2.26. The van der Waals surface area contributed by atoms with Gasteiger partial charge >= 0.3 is 5.97 Å². The number of piperidine rings is 1. The smallest absolute Gasteiger partial charge is 0.354 e. The van der Waals surface area contributed by atoms with Gasteiger partial charge in [-0.2, -0.15) is 4.98 Å². The zero-order valence-corrected chi connectivity index (χ0v) is 21.7. The Balaban J connectivity index is 1.09. The normalized spacial score (nSPS) is 18.1. The molecule has 1 aromatic carbocycles. The Kier molecular flexibility index (Phi) is 7.35. The van der Waals surface area contributed by atoms with E-state index in [0.717, 1.165) is 50.8 Å². The molecular formula is C28H28F2N6O4. The van der Waals surface area contributed by atoms with Gasteiger partial charge in [0.1, 0.15) is 34.9 Å². The molecule has 5 heterocycles. The molecule has 40 heavy (non-hydrogen) atoms. The van der Waals surface area contributed by atoms with Crippen molar-refractivity contribution in [2.24, 2.45) is 0 Å². The summed E-state index contributed by atoms with van der Waals surface area (Å²) in [7, 11) is 0. The van der Waals surface area contributed by atoms with Gasteiger partial charge in [-0.1, -0.05) is 6.07 Å². The fraction of sp³-hybridized carbons (Fsp3) is 0.393. The average Bonchev–Trinajstić information content (AvgIpc) is 3.25. The number of carboxylic acids is 1. The van der Waals surface area contributed by atoms with Crippen LogP contribution in [-0.4, -0.2) is 72.4 Å². The zero-order valence-electron chi connectivity index (χ0n) is 21.7. The second-order valence-electron chi connectivity index (χ2n) is 10.1. The average molecular weight is 551 g/mol. The van der Waals surface area contributed by atoms with Gasteiger partial charge in [0.05, 0.1) is 19.2 Å². The van der Waals surface area contributed by atoms with Crippen molar-refractivity contribution in [2.75, 3.05) is 19.7 Å². The number of ether oxygens (including phenoxy) is 2. The van der Waals surface area contributed by atoms with E-state index in [2.05, 4.69) is 19.9 Å². The van der Waals surface area contributed by atoms with Crippen LogP contribution in [0.5, 0.6) is 5.88 Å². The van der Waals surface area contributed by atoms with Crippen LogP contribution in [-0.2, 0) is 24.2 Å². The number of carbonyl (C=O) groups is 1. The molecule has 6 rings (SSSR count). The van der Waals surface area contributed by atoms with Crippen LogP contribution in [0.4, 0.5) is 8.78 Å². The standard InChI is InChI=1S/C28H28F2N6O4/c29-18-2-1-17(21(30)14-18)13-24-31-9-5-26(34-24)40-19-6-10-35(11-7-19)16-25-32-22-3-4-23(28(37)38)33-27(22)36(25)15-20-8-12-39-20/h1-5,9,14,19-20H,6-8,10-13,15-16H2,(H,37,38)/t20-/m0/s1. The van der Waals surface area contributed by atoms with Crippen molar-refractivity contribution >= 4 is 17.1 Å². The molecule has 0 spiro atoms. The van der Waals surface area contributed by atoms with E-state index < -0.39 is 17.6 Å². The number of hydrogen-bond acceptors (Lipinski definition) is 8. The molecule has 0 unspecified atom stereocenters. The molecule has 10 nitrogen and oxygen atoms in total. The molecule has 12 heteroatoms. The summed E-state index contributed by atoms with van der Waals surface area (Å²) in [4.78, 5) is 31.5. The van der Waals surface area contributed by atoms with E-state index in [1.807, 2.05) is 4.57 Å². The van der Waals surface area contributed by atoms with Crippen LogP contribution in [0.1, 0.15) is 47.0 Å². The van der Waals surface area contributed by atoms with E-state index in [0.29, 0.717) is 41.5 Å². The molecule has 0 radical (unpaired) electrons. The summed E-state index contributed by atoms with van der Waals surface area (Å²) in [5.74, 6) is -0.679. The molecule has 4 aromatic rings. The minimum absolute atomic E-state index is 0.0108. The lowest BCUT2D eigenvalue weighted by atomic mass is 10.1. The quantitative estimate of drug-likeness (QED) is 0.334. The number of halogens is 2. The summed E-state index contributed by atoms with van der Waals surface area (Å²) in [6.07, 6.45) is 4.25. The number of carboxylic acid groups (broad SMARTS) is 1. The van der Waals surface area contributed by atoms with Gasteiger partial charge in [-0.05, 0) is 43.0 Å². The van der Waals surface area contributed by atoms with Gasteiger partial charge in [0.2, 0.25) is 5.88 Å². The number of fused-ring (bicyclic) bond motifs is 1. The summed E-state index contributed by atoms with van der Waals surface area (Å²) in [6.45, 7) is 3.46. The molecule has 1 N–H and O–H groups in total. The van der Waals surface area contributed by atoms with Crippen LogP contribution in [0.2, 0.25) is 0 Å². The second-order valence-corrected chi connectivity index (χ2v) is 10.1. The zero-order chi connectivity index (χ0) is 27.6. The van der Waals surface area contributed by atoms with E-state index in [4.69, 9.17) is 14.5 Å². The maximum atomic E-state index is 14.0. The molecule has 2 aliphatic rings. The molecule has 1 atom stereocenters. The van der Waals surface area contributed by atoms with Crippen molar-refractivity contribution in [3.05, 3.63) is 77.1 Å². The number of likely N-dealkylation sites (tertiary alicyclic amines) is 1. The molecule has 3 aromatic heterocycles. The predicted molar refractivity (Wildman–Crippen MR) is 139 cm³/mol. The Labute approximate surface area is 228 Å². The number of pyridine rings is 1. The Morgan fingerprint density at radius 1 is 1.07 bits per heavy atom. The minimum atomic E-state index is -1.07. The summed E-state index contributed by atoms with van der Waals surface area (Å²) < 4.78 is 41.0. The monoisotopic (exact) mass is 550 g/mol. The van der Waals surface area contributed by atoms with Crippen LogP contribution in [0, 0.1) is 11.6 Å². The van der Waals surface area contributed by atoms with E-state index in [1.54, 1.807) is 18.3 Å². The molecular weight excluding hydrogens is 522 g/mol. The SMILES string of the molecule is O=C(O)c1ccc2nc(CN3CCC(Oc4ccnc(Cc5ccc(F)cc5F)n4)CC3)n(C[C@@H]3CCO3)c2n1. The molecule has 208 valence electrons. The Bertz CT molecular complexity index is 1530. The molecule has 0 aliphatic carbocycles.